The highest BCUT2D eigenvalue weighted by molar-refractivity contribution is 6.04. The third-order valence-electron chi connectivity index (χ3n) is 5.54. The first-order valence-corrected chi connectivity index (χ1v) is 10.3. The Bertz CT molecular complexity index is 1320. The Kier molecular flexibility index (Phi) is 5.20. The van der Waals surface area contributed by atoms with Crippen molar-refractivity contribution in [3.05, 3.63) is 60.2 Å². The highest BCUT2D eigenvalue weighted by atomic mass is 16.5. The molecule has 162 valence electrons. The number of nitrogens with one attached hydrogen (secondary N) is 1. The van der Waals surface area contributed by atoms with E-state index in [0.717, 1.165) is 11.8 Å². The van der Waals surface area contributed by atoms with Crippen molar-refractivity contribution in [1.29, 1.82) is 0 Å². The molecular formula is C22H21N7O3. The second kappa shape index (κ2) is 8.31. The number of rotatable bonds is 5. The van der Waals surface area contributed by atoms with Crippen LogP contribution in [-0.4, -0.2) is 68.1 Å². The van der Waals surface area contributed by atoms with Gasteiger partial charge in [0.1, 0.15) is 12.1 Å². The summed E-state index contributed by atoms with van der Waals surface area (Å²) in [6, 6.07) is 8.65. The van der Waals surface area contributed by atoms with Crippen molar-refractivity contribution >= 4 is 34.3 Å². The highest BCUT2D eigenvalue weighted by Gasteiger charge is 2.27. The van der Waals surface area contributed by atoms with Crippen LogP contribution in [0.15, 0.2) is 49.1 Å². The number of likely N-dealkylation sites (tertiary alicyclic amines) is 1. The number of anilines is 1. The third-order valence-corrected chi connectivity index (χ3v) is 5.54. The van der Waals surface area contributed by atoms with Crippen molar-refractivity contribution in [1.82, 2.24) is 29.5 Å². The Hall–Kier alpha value is -3.92. The van der Waals surface area contributed by atoms with Crippen LogP contribution in [0.5, 0.6) is 0 Å². The van der Waals surface area contributed by atoms with Gasteiger partial charge in [0.05, 0.1) is 17.7 Å². The van der Waals surface area contributed by atoms with Crippen LogP contribution in [0, 0.1) is 5.92 Å². The largest absolute Gasteiger partial charge is 0.384 e. The average molecular weight is 431 g/mol. The van der Waals surface area contributed by atoms with E-state index in [1.165, 1.54) is 17.0 Å². The highest BCUT2D eigenvalue weighted by Crippen LogP contribution is 2.21. The van der Waals surface area contributed by atoms with Crippen molar-refractivity contribution in [3.8, 4) is 0 Å². The molecule has 0 aliphatic carbocycles. The van der Waals surface area contributed by atoms with E-state index in [4.69, 9.17) is 4.74 Å². The summed E-state index contributed by atoms with van der Waals surface area (Å²) < 4.78 is 6.73. The fourth-order valence-corrected chi connectivity index (χ4v) is 3.91. The number of ether oxygens (including phenoxy) is 1. The SMILES string of the molecule is COCC1CCN(C(=O)c2cnc3nc(NC(=O)c4ccc5ncnn5c4)ccc3c2)C1. The van der Waals surface area contributed by atoms with Crippen molar-refractivity contribution in [2.75, 3.05) is 32.1 Å². The van der Waals surface area contributed by atoms with E-state index >= 15 is 0 Å². The first-order chi connectivity index (χ1) is 15.6. The number of fused-ring (bicyclic) bond motifs is 2. The molecule has 0 aromatic carbocycles. The Labute approximate surface area is 183 Å². The van der Waals surface area contributed by atoms with Gasteiger partial charge in [0.2, 0.25) is 0 Å². The predicted octanol–water partition coefficient (Wildman–Crippen LogP) is 2.03. The van der Waals surface area contributed by atoms with E-state index < -0.39 is 0 Å². The van der Waals surface area contributed by atoms with Gasteiger partial charge in [0, 0.05) is 43.9 Å². The quantitative estimate of drug-likeness (QED) is 0.514. The van der Waals surface area contributed by atoms with Crippen LogP contribution in [-0.2, 0) is 4.74 Å². The number of hydrogen-bond acceptors (Lipinski definition) is 7. The maximum atomic E-state index is 12.8. The molecule has 4 aromatic rings. The zero-order valence-electron chi connectivity index (χ0n) is 17.4. The fraction of sp³-hybridized carbons (Fsp3) is 0.273. The lowest BCUT2D eigenvalue weighted by atomic mass is 10.1. The van der Waals surface area contributed by atoms with Crippen molar-refractivity contribution in [2.45, 2.75) is 6.42 Å². The molecule has 1 fully saturated rings. The van der Waals surface area contributed by atoms with E-state index in [1.807, 2.05) is 4.90 Å². The standard InChI is InChI=1S/C22H21N7O3/c1-32-12-14-6-7-28(10-14)22(31)17-8-15-2-4-18(26-20(15)23-9-17)27-21(30)16-3-5-19-24-13-25-29(19)11-16/h2-5,8-9,11,13-14H,6-7,10,12H2,1H3,(H,23,26,27,30). The summed E-state index contributed by atoms with van der Waals surface area (Å²) >= 11 is 0. The Morgan fingerprint density at radius 3 is 2.97 bits per heavy atom. The van der Waals surface area contributed by atoms with Crippen LogP contribution in [0.4, 0.5) is 5.82 Å². The Morgan fingerprint density at radius 1 is 1.19 bits per heavy atom. The minimum absolute atomic E-state index is 0.0427. The van der Waals surface area contributed by atoms with Crippen LogP contribution in [0.1, 0.15) is 27.1 Å². The maximum absolute atomic E-state index is 12.8. The average Bonchev–Trinajstić information content (AvgIpc) is 3.47. The third kappa shape index (κ3) is 3.87. The minimum Gasteiger partial charge on any atom is -0.384 e. The molecule has 1 N–H and O–H groups in total. The van der Waals surface area contributed by atoms with Gasteiger partial charge in [-0.05, 0) is 36.8 Å². The zero-order chi connectivity index (χ0) is 22.1. The van der Waals surface area contributed by atoms with E-state index in [9.17, 15) is 9.59 Å². The molecule has 1 atom stereocenters. The molecule has 0 saturated carbocycles. The number of carbonyl (C=O) groups is 2. The van der Waals surface area contributed by atoms with Gasteiger partial charge in [0.25, 0.3) is 11.8 Å². The van der Waals surface area contributed by atoms with Gasteiger partial charge in [-0.25, -0.2) is 19.5 Å². The summed E-state index contributed by atoms with van der Waals surface area (Å²) in [5, 5.41) is 7.53. The Balaban J connectivity index is 1.31. The molecule has 1 aliphatic rings. The number of amides is 2. The molecule has 2 amide bonds. The van der Waals surface area contributed by atoms with Crippen LogP contribution >= 0.6 is 0 Å². The van der Waals surface area contributed by atoms with Gasteiger partial charge in [-0.15, -0.1) is 0 Å². The number of aromatic nitrogens is 5. The van der Waals surface area contributed by atoms with E-state index in [-0.39, 0.29) is 11.8 Å². The van der Waals surface area contributed by atoms with Crippen LogP contribution in [0.25, 0.3) is 16.7 Å². The lowest BCUT2D eigenvalue weighted by Gasteiger charge is -2.16. The summed E-state index contributed by atoms with van der Waals surface area (Å²) in [7, 11) is 1.68. The molecule has 1 saturated heterocycles. The molecule has 5 rings (SSSR count). The summed E-state index contributed by atoms with van der Waals surface area (Å²) in [5.74, 6) is 0.379. The van der Waals surface area contributed by atoms with Crippen LogP contribution in [0.2, 0.25) is 0 Å². The van der Waals surface area contributed by atoms with Gasteiger partial charge < -0.3 is 15.0 Å². The molecule has 4 aromatic heterocycles. The molecule has 0 spiro atoms. The first kappa shape index (κ1) is 20.0. The van der Waals surface area contributed by atoms with Crippen LogP contribution < -0.4 is 5.32 Å². The second-order valence-corrected chi connectivity index (χ2v) is 7.76. The van der Waals surface area contributed by atoms with Crippen molar-refractivity contribution < 1.29 is 14.3 Å². The zero-order valence-corrected chi connectivity index (χ0v) is 17.4. The lowest BCUT2D eigenvalue weighted by Crippen LogP contribution is -2.29. The maximum Gasteiger partial charge on any atom is 0.258 e. The second-order valence-electron chi connectivity index (χ2n) is 7.76. The molecule has 1 aliphatic heterocycles. The number of methoxy groups -OCH3 is 1. The topological polar surface area (TPSA) is 115 Å². The smallest absolute Gasteiger partial charge is 0.258 e. The van der Waals surface area contributed by atoms with Crippen molar-refractivity contribution in [3.63, 3.8) is 0 Å². The summed E-state index contributed by atoms with van der Waals surface area (Å²) in [6.45, 7) is 2.06. The summed E-state index contributed by atoms with van der Waals surface area (Å²) in [6.07, 6.45) is 5.50. The molecule has 32 heavy (non-hydrogen) atoms. The van der Waals surface area contributed by atoms with Crippen LogP contribution in [0.3, 0.4) is 0 Å². The van der Waals surface area contributed by atoms with E-state index in [2.05, 4.69) is 25.4 Å². The summed E-state index contributed by atoms with van der Waals surface area (Å²) in [4.78, 5) is 40.1. The lowest BCUT2D eigenvalue weighted by molar-refractivity contribution is 0.0775. The monoisotopic (exact) mass is 431 g/mol. The number of carbonyl (C=O) groups excluding carboxylic acids is 2. The van der Waals surface area contributed by atoms with Gasteiger partial charge >= 0.3 is 0 Å². The molecular weight excluding hydrogens is 410 g/mol. The van der Waals surface area contributed by atoms with E-state index in [1.54, 1.807) is 43.6 Å². The number of hydrogen-bond donors (Lipinski definition) is 1. The normalized spacial score (nSPS) is 16.0. The molecule has 10 heteroatoms. The molecule has 10 nitrogen and oxygen atoms in total. The van der Waals surface area contributed by atoms with Crippen molar-refractivity contribution in [2.24, 2.45) is 5.92 Å². The predicted molar refractivity (Wildman–Crippen MR) is 116 cm³/mol. The molecule has 1 unspecified atom stereocenters. The molecule has 0 bridgehead atoms. The Morgan fingerprint density at radius 2 is 2.09 bits per heavy atom. The first-order valence-electron chi connectivity index (χ1n) is 10.3. The van der Waals surface area contributed by atoms with Gasteiger partial charge in [-0.3, -0.25) is 9.59 Å². The fourth-order valence-electron chi connectivity index (χ4n) is 3.91. The molecule has 0 radical (unpaired) electrons. The number of nitrogens with zero attached hydrogens (tertiary/aromatic N) is 6. The van der Waals surface area contributed by atoms with Gasteiger partial charge in [-0.1, -0.05) is 0 Å². The number of pyridine rings is 3. The molecule has 5 heterocycles. The van der Waals surface area contributed by atoms with Gasteiger partial charge in [0.15, 0.2) is 11.3 Å². The van der Waals surface area contributed by atoms with Gasteiger partial charge in [-0.2, -0.15) is 5.10 Å². The summed E-state index contributed by atoms with van der Waals surface area (Å²) in [5.41, 5.74) is 2.05. The minimum atomic E-state index is -0.319. The van der Waals surface area contributed by atoms with E-state index in [0.29, 0.717) is 53.9 Å².